The zero-order valence-corrected chi connectivity index (χ0v) is 15.0. The minimum atomic E-state index is -0.259. The molecule has 1 aliphatic heterocycles. The molecule has 4 rings (SSSR count). The molecule has 1 saturated heterocycles. The molecule has 8 heteroatoms. The van der Waals surface area contributed by atoms with Gasteiger partial charge in [-0.1, -0.05) is 0 Å². The molecule has 3 heterocycles. The second-order valence-corrected chi connectivity index (χ2v) is 6.12. The quantitative estimate of drug-likeness (QED) is 0.741. The summed E-state index contributed by atoms with van der Waals surface area (Å²) in [4.78, 5) is 27.6. The van der Waals surface area contributed by atoms with E-state index in [0.29, 0.717) is 24.7 Å². The molecule has 27 heavy (non-hydrogen) atoms. The number of pyridine rings is 1. The van der Waals surface area contributed by atoms with Gasteiger partial charge in [0, 0.05) is 37.6 Å². The Morgan fingerprint density at radius 2 is 1.89 bits per heavy atom. The van der Waals surface area contributed by atoms with E-state index in [0.717, 1.165) is 35.5 Å². The average molecular weight is 364 g/mol. The van der Waals surface area contributed by atoms with Crippen LogP contribution in [-0.2, 0) is 4.74 Å². The molecule has 0 bridgehead atoms. The lowest BCUT2D eigenvalue weighted by Gasteiger charge is -2.28. The van der Waals surface area contributed by atoms with Crippen molar-refractivity contribution in [3.8, 4) is 11.4 Å². The highest BCUT2D eigenvalue weighted by atomic mass is 16.5. The fourth-order valence-corrected chi connectivity index (χ4v) is 2.97. The van der Waals surface area contributed by atoms with Gasteiger partial charge < -0.3 is 20.3 Å². The molecule has 8 nitrogen and oxygen atoms in total. The number of anilines is 2. The molecule has 0 spiro atoms. The van der Waals surface area contributed by atoms with Crippen LogP contribution >= 0.6 is 0 Å². The van der Waals surface area contributed by atoms with Crippen LogP contribution < -0.4 is 15.5 Å². The van der Waals surface area contributed by atoms with Gasteiger partial charge in [-0.05, 0) is 36.4 Å². The van der Waals surface area contributed by atoms with E-state index >= 15 is 0 Å². The van der Waals surface area contributed by atoms with Gasteiger partial charge in [-0.3, -0.25) is 4.98 Å². The van der Waals surface area contributed by atoms with E-state index < -0.39 is 0 Å². The molecule has 0 aliphatic carbocycles. The molecule has 0 radical (unpaired) electrons. The number of ether oxygens (including phenoxy) is 1. The minimum absolute atomic E-state index is 0.259. The number of fused-ring (bicyclic) bond motifs is 1. The van der Waals surface area contributed by atoms with Crippen molar-refractivity contribution in [3.05, 3.63) is 42.6 Å². The maximum absolute atomic E-state index is 11.4. The number of benzene rings is 1. The van der Waals surface area contributed by atoms with Gasteiger partial charge in [-0.25, -0.2) is 14.8 Å². The SMILES string of the molecule is CNC(=O)Nc1ccc(-c2nc(N3CCOCC3)c3ncccc3n2)cc1. The number of morpholine rings is 1. The maximum Gasteiger partial charge on any atom is 0.318 e. The molecule has 1 fully saturated rings. The summed E-state index contributed by atoms with van der Waals surface area (Å²) in [5.74, 6) is 1.45. The summed E-state index contributed by atoms with van der Waals surface area (Å²) in [5, 5.41) is 5.27. The molecule has 3 aromatic rings. The molecule has 0 unspecified atom stereocenters. The summed E-state index contributed by atoms with van der Waals surface area (Å²) in [7, 11) is 1.58. The monoisotopic (exact) mass is 364 g/mol. The van der Waals surface area contributed by atoms with E-state index in [1.807, 2.05) is 36.4 Å². The molecule has 2 N–H and O–H groups in total. The Kier molecular flexibility index (Phi) is 4.80. The third-order valence-electron chi connectivity index (χ3n) is 4.38. The van der Waals surface area contributed by atoms with Crippen molar-refractivity contribution in [2.45, 2.75) is 0 Å². The first-order chi connectivity index (χ1) is 13.2. The van der Waals surface area contributed by atoms with Crippen LogP contribution in [0.3, 0.4) is 0 Å². The maximum atomic E-state index is 11.4. The van der Waals surface area contributed by atoms with Crippen LogP contribution in [0, 0.1) is 0 Å². The van der Waals surface area contributed by atoms with Crippen LogP contribution in [0.5, 0.6) is 0 Å². The van der Waals surface area contributed by atoms with E-state index in [2.05, 4.69) is 25.5 Å². The summed E-state index contributed by atoms with van der Waals surface area (Å²) < 4.78 is 5.46. The lowest BCUT2D eigenvalue weighted by molar-refractivity contribution is 0.122. The van der Waals surface area contributed by atoms with Crippen molar-refractivity contribution < 1.29 is 9.53 Å². The number of nitrogens with zero attached hydrogens (tertiary/aromatic N) is 4. The predicted octanol–water partition coefficient (Wildman–Crippen LogP) is 2.28. The van der Waals surface area contributed by atoms with Crippen LogP contribution in [0.15, 0.2) is 42.6 Å². The Labute approximate surface area is 156 Å². The van der Waals surface area contributed by atoms with Crippen molar-refractivity contribution in [3.63, 3.8) is 0 Å². The number of urea groups is 1. The number of carbonyl (C=O) groups is 1. The summed E-state index contributed by atoms with van der Waals surface area (Å²) in [6.45, 7) is 2.90. The molecule has 0 atom stereocenters. The Hall–Kier alpha value is -3.26. The van der Waals surface area contributed by atoms with E-state index in [-0.39, 0.29) is 6.03 Å². The van der Waals surface area contributed by atoms with Crippen LogP contribution in [-0.4, -0.2) is 54.3 Å². The summed E-state index contributed by atoms with van der Waals surface area (Å²) in [6, 6.07) is 11.0. The number of carbonyl (C=O) groups excluding carboxylic acids is 1. The second kappa shape index (κ2) is 7.55. The molecular weight excluding hydrogens is 344 g/mol. The Bertz CT molecular complexity index is 954. The predicted molar refractivity (Wildman–Crippen MR) is 104 cm³/mol. The first kappa shape index (κ1) is 17.2. The Morgan fingerprint density at radius 1 is 1.11 bits per heavy atom. The van der Waals surface area contributed by atoms with Gasteiger partial charge in [0.2, 0.25) is 0 Å². The number of amides is 2. The molecule has 138 valence electrons. The number of hydrogen-bond donors (Lipinski definition) is 2. The standard InChI is InChI=1S/C19H20N6O2/c1-20-19(26)22-14-6-4-13(5-7-14)17-23-15-3-2-8-21-16(15)18(24-17)25-9-11-27-12-10-25/h2-8H,9-12H2,1H3,(H2,20,22,26). The van der Waals surface area contributed by atoms with Gasteiger partial charge in [-0.2, -0.15) is 0 Å². The van der Waals surface area contributed by atoms with E-state index in [9.17, 15) is 4.79 Å². The second-order valence-electron chi connectivity index (χ2n) is 6.12. The average Bonchev–Trinajstić information content (AvgIpc) is 2.74. The highest BCUT2D eigenvalue weighted by molar-refractivity contribution is 5.90. The number of hydrogen-bond acceptors (Lipinski definition) is 6. The van der Waals surface area contributed by atoms with E-state index in [1.165, 1.54) is 0 Å². The van der Waals surface area contributed by atoms with Crippen LogP contribution in [0.4, 0.5) is 16.3 Å². The molecular formula is C19H20N6O2. The minimum Gasteiger partial charge on any atom is -0.378 e. The van der Waals surface area contributed by atoms with Crippen molar-refractivity contribution in [1.29, 1.82) is 0 Å². The van der Waals surface area contributed by atoms with Crippen LogP contribution in [0.2, 0.25) is 0 Å². The summed E-state index contributed by atoms with van der Waals surface area (Å²) >= 11 is 0. The van der Waals surface area contributed by atoms with Crippen molar-refractivity contribution in [1.82, 2.24) is 20.3 Å². The first-order valence-electron chi connectivity index (χ1n) is 8.79. The fraction of sp³-hybridized carbons (Fsp3) is 0.263. The van der Waals surface area contributed by atoms with Gasteiger partial charge in [0.1, 0.15) is 5.52 Å². The molecule has 0 saturated carbocycles. The third kappa shape index (κ3) is 3.65. The highest BCUT2D eigenvalue weighted by Gasteiger charge is 2.18. The zero-order chi connectivity index (χ0) is 18.6. The highest BCUT2D eigenvalue weighted by Crippen LogP contribution is 2.27. The summed E-state index contributed by atoms with van der Waals surface area (Å²) in [6.07, 6.45) is 1.76. The first-order valence-corrected chi connectivity index (χ1v) is 8.79. The summed E-state index contributed by atoms with van der Waals surface area (Å²) in [5.41, 5.74) is 3.17. The molecule has 2 amide bonds. The van der Waals surface area contributed by atoms with Crippen molar-refractivity contribution >= 4 is 28.6 Å². The Morgan fingerprint density at radius 3 is 2.63 bits per heavy atom. The van der Waals surface area contributed by atoms with Gasteiger partial charge in [0.25, 0.3) is 0 Å². The number of aromatic nitrogens is 3. The number of rotatable bonds is 3. The lowest BCUT2D eigenvalue weighted by atomic mass is 10.2. The van der Waals surface area contributed by atoms with Gasteiger partial charge in [-0.15, -0.1) is 0 Å². The number of nitrogens with one attached hydrogen (secondary N) is 2. The third-order valence-corrected chi connectivity index (χ3v) is 4.38. The molecule has 2 aromatic heterocycles. The van der Waals surface area contributed by atoms with Gasteiger partial charge in [0.05, 0.1) is 18.7 Å². The van der Waals surface area contributed by atoms with Gasteiger partial charge >= 0.3 is 6.03 Å². The molecule has 1 aliphatic rings. The van der Waals surface area contributed by atoms with Crippen molar-refractivity contribution in [2.75, 3.05) is 43.6 Å². The van der Waals surface area contributed by atoms with Crippen LogP contribution in [0.1, 0.15) is 0 Å². The zero-order valence-electron chi connectivity index (χ0n) is 15.0. The largest absolute Gasteiger partial charge is 0.378 e. The van der Waals surface area contributed by atoms with E-state index in [1.54, 1.807) is 13.2 Å². The van der Waals surface area contributed by atoms with Gasteiger partial charge in [0.15, 0.2) is 11.6 Å². The van der Waals surface area contributed by atoms with Crippen LogP contribution in [0.25, 0.3) is 22.4 Å². The topological polar surface area (TPSA) is 92.3 Å². The molecule has 1 aromatic carbocycles. The lowest BCUT2D eigenvalue weighted by Crippen LogP contribution is -2.37. The van der Waals surface area contributed by atoms with E-state index in [4.69, 9.17) is 9.72 Å². The smallest absolute Gasteiger partial charge is 0.318 e. The Balaban J connectivity index is 1.72. The fourth-order valence-electron chi connectivity index (χ4n) is 2.97. The van der Waals surface area contributed by atoms with Crippen molar-refractivity contribution in [2.24, 2.45) is 0 Å². The normalized spacial score (nSPS) is 14.2.